The molecule has 0 unspecified atom stereocenters. The normalized spacial score (nSPS) is 10.3. The van der Waals surface area contributed by atoms with Crippen molar-refractivity contribution in [3.63, 3.8) is 0 Å². The number of carbonyl (C=O) groups is 2. The van der Waals surface area contributed by atoms with Gasteiger partial charge in [-0.3, -0.25) is 10.1 Å². The number of hydrogen-bond acceptors (Lipinski definition) is 2. The summed E-state index contributed by atoms with van der Waals surface area (Å²) < 4.78 is -0.665. The van der Waals surface area contributed by atoms with Crippen molar-refractivity contribution in [3.8, 4) is 11.1 Å². The van der Waals surface area contributed by atoms with Gasteiger partial charge >= 0.3 is 6.03 Å². The minimum absolute atomic E-state index is 0.375. The van der Waals surface area contributed by atoms with Crippen LogP contribution in [0.2, 0.25) is 0 Å². The van der Waals surface area contributed by atoms with Crippen molar-refractivity contribution in [1.82, 2.24) is 5.32 Å². The fourth-order valence-electron chi connectivity index (χ4n) is 3.26. The summed E-state index contributed by atoms with van der Waals surface area (Å²) >= 11 is 3.26. The standard InChI is InChI=1S/C12H10.C10H22.C7H13BrN2O2/c1-3-7-11(8-4-1)12-9-5-2-6-10-12;1-3-5-7-9-10-8-6-4-2;1-3-7(8,4-2)5(11)10-6(9)12/h1-10H;3-10H2,1-2H3;3-4H2,1-2H3,(H3,9,10,11,12). The van der Waals surface area contributed by atoms with Crippen LogP contribution in [-0.2, 0) is 4.79 Å². The van der Waals surface area contributed by atoms with E-state index >= 15 is 0 Å². The fourth-order valence-corrected chi connectivity index (χ4v) is 3.36. The summed E-state index contributed by atoms with van der Waals surface area (Å²) in [6.07, 6.45) is 12.7. The largest absolute Gasteiger partial charge is 0.351 e. The minimum Gasteiger partial charge on any atom is -0.351 e. The number of nitrogens with one attached hydrogen (secondary N) is 1. The van der Waals surface area contributed by atoms with Crippen molar-refractivity contribution in [2.45, 2.75) is 96.2 Å². The summed E-state index contributed by atoms with van der Waals surface area (Å²) in [5.74, 6) is -0.375. The Morgan fingerprint density at radius 1 is 0.706 bits per heavy atom. The van der Waals surface area contributed by atoms with Crippen molar-refractivity contribution < 1.29 is 9.59 Å². The number of primary amides is 1. The van der Waals surface area contributed by atoms with E-state index in [4.69, 9.17) is 5.73 Å². The summed E-state index contributed by atoms with van der Waals surface area (Å²) in [6, 6.07) is 20.0. The number of carbonyl (C=O) groups excluding carboxylic acids is 2. The summed E-state index contributed by atoms with van der Waals surface area (Å²) in [7, 11) is 0. The van der Waals surface area contributed by atoms with Crippen molar-refractivity contribution >= 4 is 27.9 Å². The van der Waals surface area contributed by atoms with Crippen molar-refractivity contribution in [2.75, 3.05) is 0 Å². The van der Waals surface area contributed by atoms with Crippen LogP contribution in [0.5, 0.6) is 0 Å². The molecule has 4 nitrogen and oxygen atoms in total. The van der Waals surface area contributed by atoms with Crippen LogP contribution >= 0.6 is 15.9 Å². The Balaban J connectivity index is 0.000000484. The maximum atomic E-state index is 11.3. The molecule has 2 rings (SSSR count). The maximum absolute atomic E-state index is 11.3. The highest BCUT2D eigenvalue weighted by atomic mass is 79.9. The summed E-state index contributed by atoms with van der Waals surface area (Å²) in [6.45, 7) is 8.26. The number of nitrogens with two attached hydrogens (primary N) is 1. The van der Waals surface area contributed by atoms with E-state index in [0.717, 1.165) is 0 Å². The van der Waals surface area contributed by atoms with E-state index in [-0.39, 0.29) is 5.91 Å². The first-order valence-corrected chi connectivity index (χ1v) is 13.5. The molecule has 0 bridgehead atoms. The van der Waals surface area contributed by atoms with E-state index in [1.54, 1.807) is 0 Å². The van der Waals surface area contributed by atoms with E-state index in [1.165, 1.54) is 62.5 Å². The van der Waals surface area contributed by atoms with Gasteiger partial charge in [0, 0.05) is 0 Å². The van der Waals surface area contributed by atoms with Crippen LogP contribution in [0.4, 0.5) is 4.79 Å². The van der Waals surface area contributed by atoms with Gasteiger partial charge in [0.25, 0.3) is 0 Å². The molecule has 0 aromatic heterocycles. The number of hydrogen-bond donors (Lipinski definition) is 2. The van der Waals surface area contributed by atoms with Gasteiger partial charge in [-0.1, -0.05) is 156 Å². The quantitative estimate of drug-likeness (QED) is 0.224. The molecular formula is C29H45BrN2O2. The lowest BCUT2D eigenvalue weighted by Crippen LogP contribution is -2.46. The average Bonchev–Trinajstić information content (AvgIpc) is 2.87. The second kappa shape index (κ2) is 20.3. The SMILES string of the molecule is CCC(Br)(CC)C(=O)NC(N)=O.CCCCCCCCCC.c1ccc(-c2ccccc2)cc1. The Morgan fingerprint density at radius 3 is 1.35 bits per heavy atom. The lowest BCUT2D eigenvalue weighted by Gasteiger charge is -2.21. The van der Waals surface area contributed by atoms with Gasteiger partial charge in [-0.25, -0.2) is 4.79 Å². The molecule has 2 aromatic rings. The van der Waals surface area contributed by atoms with Crippen LogP contribution in [-0.4, -0.2) is 16.3 Å². The van der Waals surface area contributed by atoms with Gasteiger partial charge in [-0.2, -0.15) is 0 Å². The molecule has 5 heteroatoms. The van der Waals surface area contributed by atoms with Gasteiger partial charge in [-0.15, -0.1) is 0 Å². The van der Waals surface area contributed by atoms with E-state index in [0.29, 0.717) is 12.8 Å². The minimum atomic E-state index is -0.814. The van der Waals surface area contributed by atoms with Gasteiger partial charge in [0.05, 0.1) is 0 Å². The zero-order valence-corrected chi connectivity index (χ0v) is 23.2. The molecule has 3 N–H and O–H groups in total. The highest BCUT2D eigenvalue weighted by Gasteiger charge is 2.32. The molecule has 0 saturated carbocycles. The zero-order valence-electron chi connectivity index (χ0n) is 21.6. The predicted octanol–water partition coefficient (Wildman–Crippen LogP) is 8.64. The first-order chi connectivity index (χ1) is 16.3. The number of amides is 3. The Labute approximate surface area is 216 Å². The molecule has 0 spiro atoms. The first-order valence-electron chi connectivity index (χ1n) is 12.7. The highest BCUT2D eigenvalue weighted by molar-refractivity contribution is 9.10. The van der Waals surface area contributed by atoms with Crippen LogP contribution in [0.25, 0.3) is 11.1 Å². The zero-order chi connectivity index (χ0) is 25.7. The number of halogens is 1. The van der Waals surface area contributed by atoms with Gasteiger partial charge in [0.15, 0.2) is 0 Å². The van der Waals surface area contributed by atoms with Gasteiger partial charge in [-0.05, 0) is 24.0 Å². The third-order valence-corrected chi connectivity index (χ3v) is 7.08. The van der Waals surface area contributed by atoms with Crippen LogP contribution < -0.4 is 11.1 Å². The van der Waals surface area contributed by atoms with Crippen molar-refractivity contribution in [3.05, 3.63) is 60.7 Å². The molecule has 0 atom stereocenters. The number of benzene rings is 2. The van der Waals surface area contributed by atoms with Gasteiger partial charge in [0.1, 0.15) is 4.32 Å². The topological polar surface area (TPSA) is 72.2 Å². The molecule has 0 aliphatic heterocycles. The van der Waals surface area contributed by atoms with Crippen molar-refractivity contribution in [2.24, 2.45) is 5.73 Å². The lowest BCUT2D eigenvalue weighted by molar-refractivity contribution is -0.122. The Kier molecular flexibility index (Phi) is 19.0. The Bertz CT molecular complexity index is 717. The smallest absolute Gasteiger partial charge is 0.318 e. The monoisotopic (exact) mass is 532 g/mol. The fraction of sp³-hybridized carbons (Fsp3) is 0.517. The molecule has 2 aromatic carbocycles. The van der Waals surface area contributed by atoms with Crippen molar-refractivity contribution in [1.29, 1.82) is 0 Å². The second-order valence-corrected chi connectivity index (χ2v) is 9.86. The second-order valence-electron chi connectivity index (χ2n) is 8.34. The summed E-state index contributed by atoms with van der Waals surface area (Å²) in [5.41, 5.74) is 7.36. The van der Waals surface area contributed by atoms with Crippen LogP contribution in [0.1, 0.15) is 91.9 Å². The number of alkyl halides is 1. The van der Waals surface area contributed by atoms with Gasteiger partial charge in [0.2, 0.25) is 5.91 Å². The number of urea groups is 1. The van der Waals surface area contributed by atoms with Crippen LogP contribution in [0.3, 0.4) is 0 Å². The molecule has 0 saturated heterocycles. The van der Waals surface area contributed by atoms with E-state index in [9.17, 15) is 9.59 Å². The highest BCUT2D eigenvalue weighted by Crippen LogP contribution is 2.26. The predicted molar refractivity (Wildman–Crippen MR) is 150 cm³/mol. The summed E-state index contributed by atoms with van der Waals surface area (Å²) in [5, 5.41) is 2.04. The Hall–Kier alpha value is -2.14. The number of unbranched alkanes of at least 4 members (excludes halogenated alkanes) is 7. The molecule has 0 radical (unpaired) electrons. The molecule has 3 amide bonds. The molecule has 0 fully saturated rings. The third kappa shape index (κ3) is 14.9. The maximum Gasteiger partial charge on any atom is 0.318 e. The van der Waals surface area contributed by atoms with E-state index < -0.39 is 10.4 Å². The van der Waals surface area contributed by atoms with E-state index in [2.05, 4.69) is 78.3 Å². The molecule has 0 aliphatic rings. The molecule has 34 heavy (non-hydrogen) atoms. The van der Waals surface area contributed by atoms with Crippen LogP contribution in [0.15, 0.2) is 60.7 Å². The summed E-state index contributed by atoms with van der Waals surface area (Å²) in [4.78, 5) is 21.6. The van der Waals surface area contributed by atoms with Crippen LogP contribution in [0, 0.1) is 0 Å². The third-order valence-electron chi connectivity index (χ3n) is 5.60. The number of imide groups is 1. The number of rotatable bonds is 11. The van der Waals surface area contributed by atoms with E-state index in [1.807, 2.05) is 31.3 Å². The average molecular weight is 534 g/mol. The first kappa shape index (κ1) is 31.9. The molecule has 0 aliphatic carbocycles. The molecule has 190 valence electrons. The molecular weight excluding hydrogens is 488 g/mol. The Morgan fingerprint density at radius 2 is 1.06 bits per heavy atom. The van der Waals surface area contributed by atoms with Gasteiger partial charge < -0.3 is 5.73 Å². The lowest BCUT2D eigenvalue weighted by atomic mass is 10.0. The molecule has 0 heterocycles.